The fraction of sp³-hybridized carbons (Fsp3) is 0.889. The van der Waals surface area contributed by atoms with Gasteiger partial charge >= 0.3 is 0 Å². The summed E-state index contributed by atoms with van der Waals surface area (Å²) in [4.78, 5) is 11.1. The smallest absolute Gasteiger partial charge is 0.133 e. The minimum atomic E-state index is 0.0794. The van der Waals surface area contributed by atoms with Crippen LogP contribution in [0.1, 0.15) is 38.5 Å². The molecule has 0 bridgehead atoms. The van der Waals surface area contributed by atoms with E-state index in [1.807, 2.05) is 0 Å². The van der Waals surface area contributed by atoms with Gasteiger partial charge in [0, 0.05) is 18.4 Å². The largest absolute Gasteiger partial charge is 0.325 e. The summed E-state index contributed by atoms with van der Waals surface area (Å²) in [5.41, 5.74) is 6.11. The molecule has 62 valence electrons. The summed E-state index contributed by atoms with van der Waals surface area (Å²) in [6.07, 6.45) is 6.10. The minimum absolute atomic E-state index is 0.0794. The summed E-state index contributed by atoms with van der Waals surface area (Å²) < 4.78 is 0. The molecule has 2 fully saturated rings. The van der Waals surface area contributed by atoms with Gasteiger partial charge in [-0.3, -0.25) is 4.79 Å². The number of hydrogen-bond donors (Lipinski definition) is 1. The van der Waals surface area contributed by atoms with Crippen LogP contribution in [0.3, 0.4) is 0 Å². The van der Waals surface area contributed by atoms with Crippen molar-refractivity contribution in [1.82, 2.24) is 0 Å². The zero-order valence-electron chi connectivity index (χ0n) is 6.81. The van der Waals surface area contributed by atoms with Crippen LogP contribution in [0.2, 0.25) is 0 Å². The highest BCUT2D eigenvalue weighted by Gasteiger charge is 2.46. The van der Waals surface area contributed by atoms with Crippen LogP contribution >= 0.6 is 0 Å². The van der Waals surface area contributed by atoms with Crippen molar-refractivity contribution in [2.24, 2.45) is 11.7 Å². The van der Waals surface area contributed by atoms with E-state index >= 15 is 0 Å². The van der Waals surface area contributed by atoms with Gasteiger partial charge in [0.15, 0.2) is 0 Å². The highest BCUT2D eigenvalue weighted by atomic mass is 16.1. The molecule has 0 saturated heterocycles. The Labute approximate surface area is 67.1 Å². The van der Waals surface area contributed by atoms with E-state index in [0.29, 0.717) is 11.7 Å². The maximum Gasteiger partial charge on any atom is 0.133 e. The van der Waals surface area contributed by atoms with E-state index in [1.54, 1.807) is 0 Å². The van der Waals surface area contributed by atoms with Gasteiger partial charge in [-0.25, -0.2) is 0 Å². The Morgan fingerprint density at radius 3 is 2.73 bits per heavy atom. The zero-order valence-corrected chi connectivity index (χ0v) is 6.81. The normalized spacial score (nSPS) is 35.4. The quantitative estimate of drug-likeness (QED) is 0.615. The molecule has 0 aromatic carbocycles. The van der Waals surface area contributed by atoms with Gasteiger partial charge < -0.3 is 5.73 Å². The molecule has 0 spiro atoms. The summed E-state index contributed by atoms with van der Waals surface area (Å²) in [6, 6.07) is 0. The topological polar surface area (TPSA) is 43.1 Å². The lowest BCUT2D eigenvalue weighted by atomic mass is 9.82. The van der Waals surface area contributed by atoms with Crippen LogP contribution in [-0.2, 0) is 4.79 Å². The molecule has 2 N–H and O–H groups in total. The Bertz CT molecular complexity index is 184. The molecule has 0 amide bonds. The highest BCUT2D eigenvalue weighted by molar-refractivity contribution is 5.79. The summed E-state index contributed by atoms with van der Waals surface area (Å²) >= 11 is 0. The molecule has 0 aromatic heterocycles. The highest BCUT2D eigenvalue weighted by Crippen LogP contribution is 2.45. The second kappa shape index (κ2) is 2.31. The predicted octanol–water partition coefficient (Wildman–Crippen LogP) is 1.24. The molecular weight excluding hydrogens is 138 g/mol. The first kappa shape index (κ1) is 7.29. The van der Waals surface area contributed by atoms with Crippen molar-refractivity contribution in [2.45, 2.75) is 44.1 Å². The van der Waals surface area contributed by atoms with Gasteiger partial charge in [-0.1, -0.05) is 0 Å². The molecule has 2 rings (SSSR count). The average Bonchev–Trinajstić information content (AvgIpc) is 2.70. The van der Waals surface area contributed by atoms with Crippen molar-refractivity contribution in [3.8, 4) is 0 Å². The second-order valence-electron chi connectivity index (χ2n) is 4.07. The van der Waals surface area contributed by atoms with E-state index in [-0.39, 0.29) is 5.54 Å². The maximum absolute atomic E-state index is 11.1. The van der Waals surface area contributed by atoms with E-state index in [1.165, 1.54) is 6.42 Å². The average molecular weight is 153 g/mol. The molecule has 1 atom stereocenters. The number of carbonyl (C=O) groups is 1. The summed E-state index contributed by atoms with van der Waals surface area (Å²) in [5.74, 6) is 0.946. The van der Waals surface area contributed by atoms with Gasteiger partial charge in [-0.05, 0) is 31.6 Å². The fourth-order valence-electron chi connectivity index (χ4n) is 2.07. The Kier molecular flexibility index (Phi) is 1.53. The number of carbonyl (C=O) groups excluding carboxylic acids is 1. The summed E-state index contributed by atoms with van der Waals surface area (Å²) in [5, 5.41) is 0. The number of hydrogen-bond acceptors (Lipinski definition) is 2. The minimum Gasteiger partial charge on any atom is -0.325 e. The first-order valence-corrected chi connectivity index (χ1v) is 4.51. The van der Waals surface area contributed by atoms with E-state index in [2.05, 4.69) is 0 Å². The van der Waals surface area contributed by atoms with Crippen LogP contribution in [0.25, 0.3) is 0 Å². The Balaban J connectivity index is 1.98. The predicted molar refractivity (Wildman–Crippen MR) is 43.1 cm³/mol. The molecule has 0 aromatic rings. The summed E-state index contributed by atoms with van der Waals surface area (Å²) in [7, 11) is 0. The van der Waals surface area contributed by atoms with Gasteiger partial charge in [-0.2, -0.15) is 0 Å². The van der Waals surface area contributed by atoms with Crippen molar-refractivity contribution in [1.29, 1.82) is 0 Å². The third-order valence-electron chi connectivity index (χ3n) is 3.12. The lowest BCUT2D eigenvalue weighted by Gasteiger charge is -2.26. The molecule has 11 heavy (non-hydrogen) atoms. The Morgan fingerprint density at radius 1 is 1.45 bits per heavy atom. The van der Waals surface area contributed by atoms with Crippen LogP contribution in [0.4, 0.5) is 0 Å². The van der Waals surface area contributed by atoms with Gasteiger partial charge in [0.1, 0.15) is 5.78 Å². The SMILES string of the molecule is NC1(C2CCCC(=O)C2)CC1. The number of ketones is 1. The van der Waals surface area contributed by atoms with Gasteiger partial charge in [0.25, 0.3) is 0 Å². The molecule has 2 aliphatic carbocycles. The molecule has 0 aliphatic heterocycles. The zero-order chi connectivity index (χ0) is 7.90. The molecule has 1 unspecified atom stereocenters. The standard InChI is InChI=1S/C9H15NO/c10-9(4-5-9)7-2-1-3-8(11)6-7/h7H,1-6,10H2. The van der Waals surface area contributed by atoms with Crippen molar-refractivity contribution < 1.29 is 4.79 Å². The van der Waals surface area contributed by atoms with Crippen LogP contribution in [0, 0.1) is 5.92 Å². The van der Waals surface area contributed by atoms with E-state index in [4.69, 9.17) is 5.73 Å². The first-order chi connectivity index (χ1) is 5.21. The Hall–Kier alpha value is -0.370. The molecule has 2 saturated carbocycles. The maximum atomic E-state index is 11.1. The molecule has 0 radical (unpaired) electrons. The first-order valence-electron chi connectivity index (χ1n) is 4.51. The van der Waals surface area contributed by atoms with Crippen molar-refractivity contribution in [2.75, 3.05) is 0 Å². The number of nitrogens with two attached hydrogens (primary N) is 1. The monoisotopic (exact) mass is 153 g/mol. The molecule has 2 aliphatic rings. The van der Waals surface area contributed by atoms with Crippen molar-refractivity contribution in [3.05, 3.63) is 0 Å². The molecular formula is C9H15NO. The molecule has 2 heteroatoms. The third kappa shape index (κ3) is 1.32. The van der Waals surface area contributed by atoms with Crippen LogP contribution in [0.5, 0.6) is 0 Å². The van der Waals surface area contributed by atoms with Gasteiger partial charge in [0.05, 0.1) is 0 Å². The van der Waals surface area contributed by atoms with Crippen molar-refractivity contribution >= 4 is 5.78 Å². The molecule has 0 heterocycles. The van der Waals surface area contributed by atoms with Crippen LogP contribution < -0.4 is 5.73 Å². The Morgan fingerprint density at radius 2 is 2.18 bits per heavy atom. The molecule has 2 nitrogen and oxygen atoms in total. The fourth-order valence-corrected chi connectivity index (χ4v) is 2.07. The van der Waals surface area contributed by atoms with Gasteiger partial charge in [-0.15, -0.1) is 0 Å². The number of rotatable bonds is 1. The second-order valence-corrected chi connectivity index (χ2v) is 4.07. The van der Waals surface area contributed by atoms with Crippen molar-refractivity contribution in [3.63, 3.8) is 0 Å². The van der Waals surface area contributed by atoms with Crippen LogP contribution in [0.15, 0.2) is 0 Å². The third-order valence-corrected chi connectivity index (χ3v) is 3.12. The summed E-state index contributed by atoms with van der Waals surface area (Å²) in [6.45, 7) is 0. The van der Waals surface area contributed by atoms with E-state index in [0.717, 1.165) is 32.1 Å². The van der Waals surface area contributed by atoms with E-state index in [9.17, 15) is 4.79 Å². The van der Waals surface area contributed by atoms with Crippen LogP contribution in [-0.4, -0.2) is 11.3 Å². The number of Topliss-reactive ketones (excluding diaryl/α,β-unsaturated/α-hetero) is 1. The van der Waals surface area contributed by atoms with E-state index < -0.39 is 0 Å². The lowest BCUT2D eigenvalue weighted by Crippen LogP contribution is -2.35. The van der Waals surface area contributed by atoms with Gasteiger partial charge in [0.2, 0.25) is 0 Å². The lowest BCUT2D eigenvalue weighted by molar-refractivity contribution is -0.121.